The molecule has 5 aromatic rings. The van der Waals surface area contributed by atoms with Crippen molar-refractivity contribution in [3.63, 3.8) is 0 Å². The highest BCUT2D eigenvalue weighted by Crippen LogP contribution is 2.29. The van der Waals surface area contributed by atoms with Gasteiger partial charge in [-0.15, -0.1) is 6.58 Å². The Bertz CT molecular complexity index is 1520. The van der Waals surface area contributed by atoms with Gasteiger partial charge in [0.15, 0.2) is 11.3 Å². The Labute approximate surface area is 177 Å². The van der Waals surface area contributed by atoms with E-state index in [2.05, 4.69) is 6.58 Å². The van der Waals surface area contributed by atoms with Crippen molar-refractivity contribution in [2.75, 3.05) is 0 Å². The van der Waals surface area contributed by atoms with Gasteiger partial charge in [-0.25, -0.2) is 15.0 Å². The van der Waals surface area contributed by atoms with Crippen molar-refractivity contribution in [2.45, 2.75) is 19.9 Å². The minimum atomic E-state index is -0.146. The molecule has 0 saturated heterocycles. The van der Waals surface area contributed by atoms with Gasteiger partial charge in [0.2, 0.25) is 0 Å². The van der Waals surface area contributed by atoms with Crippen LogP contribution in [-0.2, 0) is 13.0 Å². The van der Waals surface area contributed by atoms with E-state index >= 15 is 0 Å². The molecule has 0 N–H and O–H groups in total. The number of aromatic nitrogens is 5. The summed E-state index contributed by atoms with van der Waals surface area (Å²) in [6.45, 7) is 6.14. The zero-order valence-corrected chi connectivity index (χ0v) is 17.1. The van der Waals surface area contributed by atoms with Gasteiger partial charge in [0.25, 0.3) is 5.56 Å². The van der Waals surface area contributed by atoms with Crippen molar-refractivity contribution in [1.82, 2.24) is 24.1 Å². The molecule has 0 bridgehead atoms. The van der Waals surface area contributed by atoms with E-state index in [0.29, 0.717) is 46.0 Å². The minimum Gasteiger partial charge on any atom is -0.292 e. The summed E-state index contributed by atoms with van der Waals surface area (Å²) in [6, 6.07) is 15.0. The van der Waals surface area contributed by atoms with Crippen molar-refractivity contribution in [3.05, 3.63) is 82.4 Å². The molecule has 0 atom stereocenters. The molecule has 7 heteroatoms. The van der Waals surface area contributed by atoms with Gasteiger partial charge in [-0.1, -0.05) is 42.8 Å². The van der Waals surface area contributed by atoms with E-state index in [0.717, 1.165) is 16.7 Å². The van der Waals surface area contributed by atoms with E-state index in [1.807, 2.05) is 60.0 Å². The van der Waals surface area contributed by atoms with Crippen LogP contribution in [0.15, 0.2) is 66.0 Å². The number of rotatable bonds is 4. The van der Waals surface area contributed by atoms with Crippen LogP contribution in [0, 0.1) is 0 Å². The quantitative estimate of drug-likeness (QED) is 0.399. The Morgan fingerprint density at radius 3 is 2.50 bits per heavy atom. The van der Waals surface area contributed by atoms with Gasteiger partial charge in [-0.3, -0.25) is 13.9 Å². The van der Waals surface area contributed by atoms with E-state index < -0.39 is 0 Å². The number of para-hydroxylation sites is 2. The van der Waals surface area contributed by atoms with E-state index in [1.54, 1.807) is 10.6 Å². The molecule has 30 heavy (non-hydrogen) atoms. The lowest BCUT2D eigenvalue weighted by molar-refractivity contribution is 0.698. The maximum absolute atomic E-state index is 13.5. The highest BCUT2D eigenvalue weighted by atomic mass is 35.5. The first-order valence-corrected chi connectivity index (χ1v) is 10.1. The second-order valence-electron chi connectivity index (χ2n) is 6.98. The Hall–Kier alpha value is -3.51. The summed E-state index contributed by atoms with van der Waals surface area (Å²) >= 11 is 6.27. The molecule has 0 aliphatic rings. The van der Waals surface area contributed by atoms with Crippen LogP contribution in [-0.4, -0.2) is 24.1 Å². The van der Waals surface area contributed by atoms with Crippen molar-refractivity contribution in [3.8, 4) is 5.69 Å². The van der Waals surface area contributed by atoms with Gasteiger partial charge >= 0.3 is 0 Å². The Balaban J connectivity index is 2.04. The fraction of sp³-hybridized carbons (Fsp3) is 0.130. The van der Waals surface area contributed by atoms with Gasteiger partial charge < -0.3 is 0 Å². The van der Waals surface area contributed by atoms with Crippen LogP contribution >= 0.6 is 11.6 Å². The van der Waals surface area contributed by atoms with E-state index in [9.17, 15) is 4.79 Å². The summed E-state index contributed by atoms with van der Waals surface area (Å²) in [5.74, 6) is 0.683. The molecule has 0 fully saturated rings. The average Bonchev–Trinajstić information content (AvgIpc) is 3.07. The summed E-state index contributed by atoms with van der Waals surface area (Å²) in [7, 11) is 0. The number of hydrogen-bond acceptors (Lipinski definition) is 4. The van der Waals surface area contributed by atoms with Crippen LogP contribution in [0.1, 0.15) is 12.7 Å². The van der Waals surface area contributed by atoms with Crippen LogP contribution in [0.25, 0.3) is 38.9 Å². The first-order chi connectivity index (χ1) is 14.6. The lowest BCUT2D eigenvalue weighted by atomic mass is 10.3. The number of aryl methyl sites for hydroxylation is 1. The number of nitrogens with zero attached hydrogens (tertiary/aromatic N) is 5. The van der Waals surface area contributed by atoms with Gasteiger partial charge in [0.1, 0.15) is 16.7 Å². The van der Waals surface area contributed by atoms with Crippen molar-refractivity contribution in [2.24, 2.45) is 0 Å². The largest absolute Gasteiger partial charge is 0.292 e. The normalized spacial score (nSPS) is 11.5. The minimum absolute atomic E-state index is 0.146. The van der Waals surface area contributed by atoms with Crippen LogP contribution in [0.5, 0.6) is 0 Å². The van der Waals surface area contributed by atoms with E-state index in [4.69, 9.17) is 26.6 Å². The lowest BCUT2D eigenvalue weighted by Gasteiger charge is -2.11. The zero-order chi connectivity index (χ0) is 20.8. The molecule has 0 amide bonds. The Morgan fingerprint density at radius 2 is 1.80 bits per heavy atom. The molecule has 0 radical (unpaired) electrons. The van der Waals surface area contributed by atoms with Gasteiger partial charge in [-0.2, -0.15) is 0 Å². The van der Waals surface area contributed by atoms with Crippen LogP contribution in [0.3, 0.4) is 0 Å². The van der Waals surface area contributed by atoms with E-state index in [-0.39, 0.29) is 5.56 Å². The SMILES string of the molecule is C=CCn1c(CC)nc2c(c1=O)c1nc3ccccc3nc1n2-c1cccc(Cl)c1. The molecule has 2 aromatic carbocycles. The van der Waals surface area contributed by atoms with Crippen molar-refractivity contribution >= 4 is 44.8 Å². The third kappa shape index (κ3) is 2.72. The van der Waals surface area contributed by atoms with Gasteiger partial charge in [-0.05, 0) is 30.3 Å². The standard InChI is InChI=1S/C23H18ClN5O/c1-3-12-28-18(4-2)27-21-19(23(28)30)20-22(26-17-11-6-5-10-16(17)25-20)29(21)15-9-7-8-14(24)13-15/h3,5-11,13H,1,4,12H2,2H3. The summed E-state index contributed by atoms with van der Waals surface area (Å²) < 4.78 is 3.52. The second kappa shape index (κ2) is 7.07. The predicted octanol–water partition coefficient (Wildman–Crippen LogP) is 4.69. The third-order valence-electron chi connectivity index (χ3n) is 5.14. The number of fused-ring (bicyclic) bond motifs is 4. The first-order valence-electron chi connectivity index (χ1n) is 9.69. The molecule has 5 rings (SSSR count). The Morgan fingerprint density at radius 1 is 1.03 bits per heavy atom. The predicted molar refractivity (Wildman–Crippen MR) is 121 cm³/mol. The first kappa shape index (κ1) is 18.5. The van der Waals surface area contributed by atoms with Crippen molar-refractivity contribution < 1.29 is 0 Å². The highest BCUT2D eigenvalue weighted by molar-refractivity contribution is 6.30. The zero-order valence-electron chi connectivity index (χ0n) is 16.3. The summed E-state index contributed by atoms with van der Waals surface area (Å²) in [6.07, 6.45) is 2.31. The fourth-order valence-corrected chi connectivity index (χ4v) is 4.00. The summed E-state index contributed by atoms with van der Waals surface area (Å²) in [5, 5.41) is 1.04. The molecular weight excluding hydrogens is 398 g/mol. The molecule has 0 unspecified atom stereocenters. The molecule has 3 aromatic heterocycles. The van der Waals surface area contributed by atoms with Crippen LogP contribution in [0.4, 0.5) is 0 Å². The average molecular weight is 416 g/mol. The smallest absolute Gasteiger partial charge is 0.265 e. The molecule has 0 saturated carbocycles. The van der Waals surface area contributed by atoms with Gasteiger partial charge in [0, 0.05) is 18.0 Å². The lowest BCUT2D eigenvalue weighted by Crippen LogP contribution is -2.24. The molecule has 6 nitrogen and oxygen atoms in total. The summed E-state index contributed by atoms with van der Waals surface area (Å²) in [5.41, 5.74) is 3.75. The van der Waals surface area contributed by atoms with E-state index in [1.165, 1.54) is 0 Å². The molecule has 0 aliphatic heterocycles. The number of halogens is 1. The van der Waals surface area contributed by atoms with Crippen molar-refractivity contribution in [1.29, 1.82) is 0 Å². The number of benzene rings is 2. The fourth-order valence-electron chi connectivity index (χ4n) is 3.82. The second-order valence-corrected chi connectivity index (χ2v) is 7.42. The topological polar surface area (TPSA) is 65.6 Å². The Kier molecular flexibility index (Phi) is 4.37. The summed E-state index contributed by atoms with van der Waals surface area (Å²) in [4.78, 5) is 28.0. The third-order valence-corrected chi connectivity index (χ3v) is 5.37. The molecule has 0 spiro atoms. The molecule has 148 valence electrons. The number of allylic oxidation sites excluding steroid dienone is 1. The number of hydrogen-bond donors (Lipinski definition) is 0. The molecule has 0 aliphatic carbocycles. The maximum Gasteiger partial charge on any atom is 0.265 e. The highest BCUT2D eigenvalue weighted by Gasteiger charge is 2.22. The van der Waals surface area contributed by atoms with Gasteiger partial charge in [0.05, 0.1) is 16.7 Å². The maximum atomic E-state index is 13.5. The van der Waals surface area contributed by atoms with Crippen LogP contribution < -0.4 is 5.56 Å². The molecule has 3 heterocycles. The monoisotopic (exact) mass is 415 g/mol. The molecular formula is C23H18ClN5O. The van der Waals surface area contributed by atoms with Crippen LogP contribution in [0.2, 0.25) is 5.02 Å².